The summed E-state index contributed by atoms with van der Waals surface area (Å²) in [6.45, 7) is 3.53. The number of unbranched alkanes of at least 4 members (excludes halogenated alkanes) is 1. The molecule has 0 aliphatic rings. The Morgan fingerprint density at radius 2 is 1.94 bits per heavy atom. The van der Waals surface area contributed by atoms with E-state index >= 15 is 0 Å². The van der Waals surface area contributed by atoms with Gasteiger partial charge in [-0.25, -0.2) is 0 Å². The predicted octanol–water partition coefficient (Wildman–Crippen LogP) is 4.10. The van der Waals surface area contributed by atoms with Crippen molar-refractivity contribution in [3.05, 3.63) is 48.0 Å². The molecule has 0 heterocycles. The van der Waals surface area contributed by atoms with E-state index in [-0.39, 0.29) is 5.56 Å². The summed E-state index contributed by atoms with van der Waals surface area (Å²) in [5.74, 6) is 0. The first kappa shape index (κ1) is 13.8. The number of hydrogen-bond donors (Lipinski definition) is 1. The summed E-state index contributed by atoms with van der Waals surface area (Å²) in [7, 11) is 0. The van der Waals surface area contributed by atoms with Crippen LogP contribution in [0.3, 0.4) is 0 Å². The molecule has 4 heteroatoms. The Hall–Kier alpha value is -1.29. The minimum Gasteiger partial charge on any atom is -0.388 e. The van der Waals surface area contributed by atoms with Crippen LogP contribution in [0.4, 0.5) is 13.2 Å². The van der Waals surface area contributed by atoms with E-state index in [2.05, 4.69) is 6.58 Å². The Kier molecular flexibility index (Phi) is 4.75. The van der Waals surface area contributed by atoms with Crippen LogP contribution in [0.25, 0.3) is 0 Å². The van der Waals surface area contributed by atoms with Gasteiger partial charge >= 0.3 is 6.18 Å². The molecule has 0 saturated carbocycles. The lowest BCUT2D eigenvalue weighted by Gasteiger charge is -2.17. The lowest BCUT2D eigenvalue weighted by molar-refractivity contribution is -0.139. The minimum absolute atomic E-state index is 0.0518. The average molecular weight is 244 g/mol. The van der Waals surface area contributed by atoms with Gasteiger partial charge < -0.3 is 5.11 Å². The summed E-state index contributed by atoms with van der Waals surface area (Å²) < 4.78 is 38.0. The standard InChI is InChI=1S/C13H15F3O/c1-2-3-4-9-12(17)10-7-5-6-8-11(10)13(14,15)16/h2,5-8,12,17H,1,3-4,9H2. The fourth-order valence-electron chi connectivity index (χ4n) is 1.66. The van der Waals surface area contributed by atoms with Crippen molar-refractivity contribution in [1.82, 2.24) is 0 Å². The van der Waals surface area contributed by atoms with Crippen molar-refractivity contribution < 1.29 is 18.3 Å². The molecule has 0 radical (unpaired) electrons. The summed E-state index contributed by atoms with van der Waals surface area (Å²) in [5, 5.41) is 9.76. The molecule has 0 amide bonds. The predicted molar refractivity (Wildman–Crippen MR) is 60.5 cm³/mol. The van der Waals surface area contributed by atoms with E-state index in [1.807, 2.05) is 0 Å². The molecule has 1 aromatic carbocycles. The fraction of sp³-hybridized carbons (Fsp3) is 0.385. The zero-order valence-corrected chi connectivity index (χ0v) is 9.37. The first-order valence-corrected chi connectivity index (χ1v) is 5.42. The summed E-state index contributed by atoms with van der Waals surface area (Å²) in [4.78, 5) is 0. The lowest BCUT2D eigenvalue weighted by Crippen LogP contribution is -2.11. The van der Waals surface area contributed by atoms with Gasteiger partial charge in [0.15, 0.2) is 0 Å². The normalized spacial score (nSPS) is 13.4. The van der Waals surface area contributed by atoms with Crippen LogP contribution in [-0.2, 0) is 6.18 Å². The van der Waals surface area contributed by atoms with Crippen molar-refractivity contribution in [2.45, 2.75) is 31.5 Å². The SMILES string of the molecule is C=CCCCC(O)c1ccccc1C(F)(F)F. The topological polar surface area (TPSA) is 20.2 Å². The first-order chi connectivity index (χ1) is 7.96. The first-order valence-electron chi connectivity index (χ1n) is 5.42. The number of alkyl halides is 3. The molecule has 0 saturated heterocycles. The van der Waals surface area contributed by atoms with Gasteiger partial charge in [-0.3, -0.25) is 0 Å². The zero-order chi connectivity index (χ0) is 12.9. The van der Waals surface area contributed by atoms with Gasteiger partial charge in [-0.1, -0.05) is 24.3 Å². The van der Waals surface area contributed by atoms with E-state index in [9.17, 15) is 18.3 Å². The van der Waals surface area contributed by atoms with Crippen LogP contribution < -0.4 is 0 Å². The maximum Gasteiger partial charge on any atom is 0.416 e. The van der Waals surface area contributed by atoms with Crippen LogP contribution >= 0.6 is 0 Å². The van der Waals surface area contributed by atoms with Crippen LogP contribution in [0.1, 0.15) is 36.5 Å². The highest BCUT2D eigenvalue weighted by atomic mass is 19.4. The maximum atomic E-state index is 12.7. The number of benzene rings is 1. The summed E-state index contributed by atoms with van der Waals surface area (Å²) >= 11 is 0. The van der Waals surface area contributed by atoms with Gasteiger partial charge in [0.05, 0.1) is 11.7 Å². The molecule has 1 nitrogen and oxygen atoms in total. The monoisotopic (exact) mass is 244 g/mol. The van der Waals surface area contributed by atoms with E-state index in [1.54, 1.807) is 6.08 Å². The van der Waals surface area contributed by atoms with Crippen molar-refractivity contribution >= 4 is 0 Å². The second-order valence-corrected chi connectivity index (χ2v) is 3.82. The van der Waals surface area contributed by atoms with Gasteiger partial charge in [0.1, 0.15) is 0 Å². The minimum atomic E-state index is -4.42. The fourth-order valence-corrected chi connectivity index (χ4v) is 1.66. The Morgan fingerprint density at radius 3 is 2.53 bits per heavy atom. The molecule has 1 aromatic rings. The molecule has 0 spiro atoms. The summed E-state index contributed by atoms with van der Waals surface area (Å²) in [6.07, 6.45) is -2.20. The van der Waals surface area contributed by atoms with Crippen molar-refractivity contribution in [2.24, 2.45) is 0 Å². The van der Waals surface area contributed by atoms with E-state index in [1.165, 1.54) is 18.2 Å². The highest BCUT2D eigenvalue weighted by Gasteiger charge is 2.34. The van der Waals surface area contributed by atoms with Crippen LogP contribution in [0.15, 0.2) is 36.9 Å². The van der Waals surface area contributed by atoms with Gasteiger partial charge in [0.2, 0.25) is 0 Å². The van der Waals surface area contributed by atoms with Gasteiger partial charge in [-0.15, -0.1) is 6.58 Å². The molecular weight excluding hydrogens is 229 g/mol. The molecule has 94 valence electrons. The highest BCUT2D eigenvalue weighted by molar-refractivity contribution is 5.31. The third-order valence-corrected chi connectivity index (χ3v) is 2.51. The molecule has 1 atom stereocenters. The number of hydrogen-bond acceptors (Lipinski definition) is 1. The summed E-state index contributed by atoms with van der Waals surface area (Å²) in [5.41, 5.74) is -0.810. The molecule has 0 aliphatic heterocycles. The van der Waals surface area contributed by atoms with Crippen LogP contribution in [-0.4, -0.2) is 5.11 Å². The highest BCUT2D eigenvalue weighted by Crippen LogP contribution is 2.35. The largest absolute Gasteiger partial charge is 0.416 e. The van der Waals surface area contributed by atoms with E-state index in [0.29, 0.717) is 19.3 Å². The molecule has 1 N–H and O–H groups in total. The van der Waals surface area contributed by atoms with E-state index in [4.69, 9.17) is 0 Å². The van der Waals surface area contributed by atoms with Crippen molar-refractivity contribution in [3.63, 3.8) is 0 Å². The van der Waals surface area contributed by atoms with Crippen molar-refractivity contribution in [2.75, 3.05) is 0 Å². The number of rotatable bonds is 5. The second-order valence-electron chi connectivity index (χ2n) is 3.82. The van der Waals surface area contributed by atoms with Gasteiger partial charge in [0, 0.05) is 0 Å². The summed E-state index contributed by atoms with van der Waals surface area (Å²) in [6, 6.07) is 5.14. The smallest absolute Gasteiger partial charge is 0.388 e. The van der Waals surface area contributed by atoms with Gasteiger partial charge in [-0.2, -0.15) is 13.2 Å². The molecular formula is C13H15F3O. The zero-order valence-electron chi connectivity index (χ0n) is 9.37. The quantitative estimate of drug-likeness (QED) is 0.610. The van der Waals surface area contributed by atoms with Crippen molar-refractivity contribution in [1.29, 1.82) is 0 Å². The van der Waals surface area contributed by atoms with Crippen LogP contribution in [0.5, 0.6) is 0 Å². The second kappa shape index (κ2) is 5.87. The third kappa shape index (κ3) is 3.89. The number of allylic oxidation sites excluding steroid dienone is 1. The molecule has 0 bridgehead atoms. The van der Waals surface area contributed by atoms with Crippen molar-refractivity contribution in [3.8, 4) is 0 Å². The lowest BCUT2D eigenvalue weighted by atomic mass is 9.98. The van der Waals surface area contributed by atoms with Gasteiger partial charge in [0.25, 0.3) is 0 Å². The number of aliphatic hydroxyl groups excluding tert-OH is 1. The van der Waals surface area contributed by atoms with Crippen LogP contribution in [0.2, 0.25) is 0 Å². The Balaban J connectivity index is 2.85. The Morgan fingerprint density at radius 1 is 1.29 bits per heavy atom. The maximum absolute atomic E-state index is 12.7. The number of halogens is 3. The Labute approximate surface area is 98.6 Å². The van der Waals surface area contributed by atoms with Crippen LogP contribution in [0, 0.1) is 0 Å². The molecule has 0 aliphatic carbocycles. The van der Waals surface area contributed by atoms with E-state index < -0.39 is 17.8 Å². The molecule has 1 rings (SSSR count). The molecule has 0 fully saturated rings. The molecule has 17 heavy (non-hydrogen) atoms. The molecule has 0 aromatic heterocycles. The van der Waals surface area contributed by atoms with Gasteiger partial charge in [-0.05, 0) is 30.9 Å². The Bertz CT molecular complexity index is 371. The third-order valence-electron chi connectivity index (χ3n) is 2.51. The van der Waals surface area contributed by atoms with E-state index in [0.717, 1.165) is 6.07 Å². The average Bonchev–Trinajstić information content (AvgIpc) is 2.28. The molecule has 1 unspecified atom stereocenters. The number of aliphatic hydroxyl groups is 1.